The number of aliphatic hydroxyl groups is 1. The first-order valence-corrected chi connectivity index (χ1v) is 11.3. The number of likely N-dealkylation sites (tertiary alicyclic amines) is 1. The molecule has 0 aliphatic carbocycles. The van der Waals surface area contributed by atoms with Crippen LogP contribution in [0.5, 0.6) is 0 Å². The normalized spacial score (nSPS) is 23.9. The van der Waals surface area contributed by atoms with Gasteiger partial charge in [-0.2, -0.15) is 0 Å². The zero-order chi connectivity index (χ0) is 25.0. The van der Waals surface area contributed by atoms with Crippen molar-refractivity contribution in [2.24, 2.45) is 11.8 Å². The number of carbonyl (C=O) groups is 3. The number of ether oxygens (including phenoxy) is 2. The van der Waals surface area contributed by atoms with Crippen LogP contribution in [0.4, 0.5) is 4.79 Å². The van der Waals surface area contributed by atoms with Gasteiger partial charge in [-0.25, -0.2) is 9.59 Å². The molecule has 0 aromatic heterocycles. The lowest BCUT2D eigenvalue weighted by molar-refractivity contribution is -0.160. The molecule has 1 rings (SSSR count). The number of rotatable bonds is 6. The standard InChI is InChI=1S/C24H42N2O6/c1-11-12-16-13-17(21(29)31-23(5,6)7)26(22(30)32-24(8,9)10)19(16)18(25-15(4)27)20(28)14(2)3/h11-12,14,16-20,28H,13H2,1-10H3,(H,25,27)/b12-11-/t16-,17-,18-,19-,20+/m1/s1. The van der Waals surface area contributed by atoms with E-state index in [0.717, 1.165) is 0 Å². The Kier molecular flexibility index (Phi) is 9.33. The lowest BCUT2D eigenvalue weighted by Crippen LogP contribution is -2.61. The molecule has 1 heterocycles. The summed E-state index contributed by atoms with van der Waals surface area (Å²) in [6.07, 6.45) is 2.41. The number of nitrogens with zero attached hydrogens (tertiary/aromatic N) is 1. The van der Waals surface area contributed by atoms with Gasteiger partial charge in [0.25, 0.3) is 0 Å². The van der Waals surface area contributed by atoms with Crippen molar-refractivity contribution in [1.29, 1.82) is 0 Å². The van der Waals surface area contributed by atoms with Crippen LogP contribution < -0.4 is 5.32 Å². The van der Waals surface area contributed by atoms with Gasteiger partial charge in [-0.05, 0) is 60.8 Å². The zero-order valence-electron chi connectivity index (χ0n) is 21.3. The fraction of sp³-hybridized carbons (Fsp3) is 0.792. The molecule has 2 amide bonds. The van der Waals surface area contributed by atoms with Crippen molar-refractivity contribution < 1.29 is 29.0 Å². The summed E-state index contributed by atoms with van der Waals surface area (Å²) in [5, 5.41) is 13.8. The van der Waals surface area contributed by atoms with Crippen LogP contribution in [0, 0.1) is 11.8 Å². The molecule has 5 atom stereocenters. The summed E-state index contributed by atoms with van der Waals surface area (Å²) >= 11 is 0. The first-order valence-electron chi connectivity index (χ1n) is 11.3. The van der Waals surface area contributed by atoms with E-state index in [9.17, 15) is 19.5 Å². The van der Waals surface area contributed by atoms with Gasteiger partial charge in [-0.15, -0.1) is 0 Å². The Labute approximate surface area is 192 Å². The molecule has 8 nitrogen and oxygen atoms in total. The predicted molar refractivity (Wildman–Crippen MR) is 123 cm³/mol. The molecular formula is C24H42N2O6. The highest BCUT2D eigenvalue weighted by Gasteiger charge is 2.53. The van der Waals surface area contributed by atoms with E-state index >= 15 is 0 Å². The second-order valence-electron chi connectivity index (χ2n) is 10.8. The summed E-state index contributed by atoms with van der Waals surface area (Å²) in [6.45, 7) is 17.4. The lowest BCUT2D eigenvalue weighted by Gasteiger charge is -2.40. The van der Waals surface area contributed by atoms with Gasteiger partial charge >= 0.3 is 12.1 Å². The largest absolute Gasteiger partial charge is 0.458 e. The number of hydrogen-bond donors (Lipinski definition) is 2. The summed E-state index contributed by atoms with van der Waals surface area (Å²) in [7, 11) is 0. The molecule has 1 saturated heterocycles. The molecule has 1 fully saturated rings. The minimum absolute atomic E-state index is 0.195. The third kappa shape index (κ3) is 7.80. The number of nitrogens with one attached hydrogen (secondary N) is 1. The van der Waals surface area contributed by atoms with Crippen LogP contribution in [0.3, 0.4) is 0 Å². The van der Waals surface area contributed by atoms with Crippen molar-refractivity contribution in [2.75, 3.05) is 0 Å². The van der Waals surface area contributed by atoms with E-state index in [4.69, 9.17) is 9.47 Å². The summed E-state index contributed by atoms with van der Waals surface area (Å²) in [5.41, 5.74) is -1.53. The van der Waals surface area contributed by atoms with Crippen molar-refractivity contribution in [2.45, 2.75) is 111 Å². The van der Waals surface area contributed by atoms with Gasteiger partial charge in [0.15, 0.2) is 0 Å². The van der Waals surface area contributed by atoms with Gasteiger partial charge in [0, 0.05) is 12.8 Å². The minimum Gasteiger partial charge on any atom is -0.458 e. The Morgan fingerprint density at radius 2 is 1.59 bits per heavy atom. The smallest absolute Gasteiger partial charge is 0.411 e. The van der Waals surface area contributed by atoms with Gasteiger partial charge in [0.2, 0.25) is 5.91 Å². The number of hydrogen-bond acceptors (Lipinski definition) is 6. The average molecular weight is 455 g/mol. The summed E-state index contributed by atoms with van der Waals surface area (Å²) in [4.78, 5) is 39.9. The van der Waals surface area contributed by atoms with Crippen molar-refractivity contribution >= 4 is 18.0 Å². The molecular weight excluding hydrogens is 412 g/mol. The number of aliphatic hydroxyl groups excluding tert-OH is 1. The maximum atomic E-state index is 13.4. The van der Waals surface area contributed by atoms with Crippen molar-refractivity contribution in [3.8, 4) is 0 Å². The predicted octanol–water partition coefficient (Wildman–Crippen LogP) is 3.42. The third-order valence-corrected chi connectivity index (χ3v) is 5.10. The lowest BCUT2D eigenvalue weighted by atomic mass is 9.86. The van der Waals surface area contributed by atoms with E-state index in [0.29, 0.717) is 6.42 Å². The van der Waals surface area contributed by atoms with Crippen molar-refractivity contribution in [3.63, 3.8) is 0 Å². The highest BCUT2D eigenvalue weighted by molar-refractivity contribution is 5.83. The second-order valence-corrected chi connectivity index (χ2v) is 10.8. The molecule has 2 N–H and O–H groups in total. The van der Waals surface area contributed by atoms with Crippen molar-refractivity contribution in [1.82, 2.24) is 10.2 Å². The third-order valence-electron chi connectivity index (χ3n) is 5.10. The van der Waals surface area contributed by atoms with E-state index in [2.05, 4.69) is 5.32 Å². The van der Waals surface area contributed by atoms with Crippen LogP contribution in [-0.4, -0.2) is 63.4 Å². The highest BCUT2D eigenvalue weighted by Crippen LogP contribution is 2.37. The molecule has 8 heteroatoms. The second kappa shape index (κ2) is 10.7. The molecule has 1 aliphatic heterocycles. The maximum absolute atomic E-state index is 13.4. The van der Waals surface area contributed by atoms with Crippen LogP contribution in [0.2, 0.25) is 0 Å². The van der Waals surface area contributed by atoms with Crippen LogP contribution in [0.25, 0.3) is 0 Å². The zero-order valence-corrected chi connectivity index (χ0v) is 21.3. The van der Waals surface area contributed by atoms with E-state index in [1.54, 1.807) is 41.5 Å². The van der Waals surface area contributed by atoms with E-state index < -0.39 is 47.5 Å². The molecule has 0 spiro atoms. The molecule has 184 valence electrons. The quantitative estimate of drug-likeness (QED) is 0.471. The van der Waals surface area contributed by atoms with Crippen LogP contribution in [0.15, 0.2) is 12.2 Å². The fourth-order valence-corrected chi connectivity index (χ4v) is 3.97. The van der Waals surface area contributed by atoms with Crippen LogP contribution >= 0.6 is 0 Å². The van der Waals surface area contributed by atoms with Gasteiger partial charge < -0.3 is 19.9 Å². The van der Waals surface area contributed by atoms with E-state index in [1.165, 1.54) is 11.8 Å². The van der Waals surface area contributed by atoms with Crippen molar-refractivity contribution in [3.05, 3.63) is 12.2 Å². The van der Waals surface area contributed by atoms with Gasteiger partial charge in [0.1, 0.15) is 17.2 Å². The number of esters is 1. The Hall–Kier alpha value is -2.09. The van der Waals surface area contributed by atoms with Gasteiger partial charge in [-0.1, -0.05) is 26.0 Å². The summed E-state index contributed by atoms with van der Waals surface area (Å²) in [5.74, 6) is -1.37. The monoisotopic (exact) mass is 454 g/mol. The number of amides is 2. The van der Waals surface area contributed by atoms with E-state index in [1.807, 2.05) is 32.9 Å². The molecule has 1 aliphatic rings. The maximum Gasteiger partial charge on any atom is 0.411 e. The van der Waals surface area contributed by atoms with Gasteiger partial charge in [-0.3, -0.25) is 9.69 Å². The molecule has 0 saturated carbocycles. The van der Waals surface area contributed by atoms with Crippen LogP contribution in [-0.2, 0) is 19.1 Å². The van der Waals surface area contributed by atoms with Gasteiger partial charge in [0.05, 0.1) is 18.2 Å². The first kappa shape index (κ1) is 27.9. The van der Waals surface area contributed by atoms with E-state index in [-0.39, 0.29) is 17.7 Å². The Balaban J connectivity index is 3.59. The molecule has 0 bridgehead atoms. The molecule has 32 heavy (non-hydrogen) atoms. The topological polar surface area (TPSA) is 105 Å². The minimum atomic E-state index is -0.945. The molecule has 0 radical (unpaired) electrons. The summed E-state index contributed by atoms with van der Waals surface area (Å²) in [6, 6.07) is -2.40. The van der Waals surface area contributed by atoms with Crippen LogP contribution in [0.1, 0.15) is 75.7 Å². The highest BCUT2D eigenvalue weighted by atomic mass is 16.6. The average Bonchev–Trinajstić information content (AvgIpc) is 2.95. The molecule has 0 aromatic rings. The first-order chi connectivity index (χ1) is 14.5. The molecule has 0 unspecified atom stereocenters. The SMILES string of the molecule is C/C=C\[C@@H]1C[C@H](C(=O)OC(C)(C)C)N(C(=O)OC(C)(C)C)[C@H]1[C@@H](NC(C)=O)[C@@H](O)C(C)C. The Morgan fingerprint density at radius 3 is 2.00 bits per heavy atom. The number of allylic oxidation sites excluding steroid dienone is 1. The Morgan fingerprint density at radius 1 is 1.06 bits per heavy atom. The number of carbonyl (C=O) groups excluding carboxylic acids is 3. The molecule has 0 aromatic carbocycles. The fourth-order valence-electron chi connectivity index (χ4n) is 3.97. The Bertz CT molecular complexity index is 704. The summed E-state index contributed by atoms with van der Waals surface area (Å²) < 4.78 is 11.3.